The van der Waals surface area contributed by atoms with Crippen LogP contribution in [0, 0.1) is 0 Å². The number of carbonyl (C=O) groups excluding carboxylic acids is 2. The molecule has 1 aliphatic carbocycles. The number of aromatic amines is 1. The van der Waals surface area contributed by atoms with Crippen molar-refractivity contribution in [1.82, 2.24) is 20.8 Å². The monoisotopic (exact) mass is 370 g/mol. The van der Waals surface area contributed by atoms with E-state index in [1.54, 1.807) is 24.3 Å². The highest BCUT2D eigenvalue weighted by atomic mass is 16.2. The molecule has 3 N–H and O–H groups in total. The fraction of sp³-hybridized carbons (Fsp3) is 0.500. The number of benzene rings is 1. The maximum atomic E-state index is 13.0. The molecule has 0 saturated heterocycles. The Bertz CT molecular complexity index is 884. The van der Waals surface area contributed by atoms with Crippen molar-refractivity contribution >= 4 is 22.6 Å². The summed E-state index contributed by atoms with van der Waals surface area (Å²) in [5, 5.41) is 13.1. The van der Waals surface area contributed by atoms with Crippen molar-refractivity contribution in [2.24, 2.45) is 0 Å². The third-order valence-electron chi connectivity index (χ3n) is 5.22. The van der Waals surface area contributed by atoms with Gasteiger partial charge in [-0.3, -0.25) is 14.4 Å². The predicted molar refractivity (Wildman–Crippen MR) is 104 cm³/mol. The van der Waals surface area contributed by atoms with E-state index in [0.717, 1.165) is 32.1 Å². The average molecular weight is 370 g/mol. The van der Waals surface area contributed by atoms with E-state index in [1.807, 2.05) is 0 Å². The SMILES string of the molecule is CCCCNC(=O)C1(NC(=O)c2n[nH]c(=O)c3ccccc23)CCCCC1. The highest BCUT2D eigenvalue weighted by Crippen LogP contribution is 2.29. The van der Waals surface area contributed by atoms with Crippen molar-refractivity contribution in [2.45, 2.75) is 57.4 Å². The first-order chi connectivity index (χ1) is 13.1. The van der Waals surface area contributed by atoms with Crippen molar-refractivity contribution < 1.29 is 9.59 Å². The van der Waals surface area contributed by atoms with Gasteiger partial charge in [-0.2, -0.15) is 5.10 Å². The van der Waals surface area contributed by atoms with Crippen molar-refractivity contribution in [2.75, 3.05) is 6.54 Å². The van der Waals surface area contributed by atoms with Gasteiger partial charge in [0, 0.05) is 11.9 Å². The van der Waals surface area contributed by atoms with Gasteiger partial charge in [-0.15, -0.1) is 0 Å². The van der Waals surface area contributed by atoms with E-state index in [1.165, 1.54) is 0 Å². The van der Waals surface area contributed by atoms with E-state index < -0.39 is 11.4 Å². The summed E-state index contributed by atoms with van der Waals surface area (Å²) in [4.78, 5) is 37.8. The van der Waals surface area contributed by atoms with Crippen LogP contribution in [0.1, 0.15) is 62.4 Å². The number of nitrogens with zero attached hydrogens (tertiary/aromatic N) is 1. The molecule has 7 heteroatoms. The number of rotatable bonds is 6. The van der Waals surface area contributed by atoms with Crippen molar-refractivity contribution in [1.29, 1.82) is 0 Å². The molecule has 0 bridgehead atoms. The molecule has 2 aromatic rings. The van der Waals surface area contributed by atoms with E-state index in [-0.39, 0.29) is 17.2 Å². The van der Waals surface area contributed by atoms with E-state index >= 15 is 0 Å². The number of unbranched alkanes of at least 4 members (excludes halogenated alkanes) is 1. The minimum absolute atomic E-state index is 0.127. The quantitative estimate of drug-likeness (QED) is 0.679. The minimum atomic E-state index is -0.915. The molecule has 3 rings (SSSR count). The van der Waals surface area contributed by atoms with Crippen LogP contribution in [-0.4, -0.2) is 34.1 Å². The van der Waals surface area contributed by atoms with Crippen molar-refractivity contribution in [3.8, 4) is 0 Å². The Morgan fingerprint density at radius 3 is 2.56 bits per heavy atom. The van der Waals surface area contributed by atoms with Crippen LogP contribution in [0.2, 0.25) is 0 Å². The summed E-state index contributed by atoms with van der Waals surface area (Å²) in [5.41, 5.74) is -1.12. The molecule has 0 atom stereocenters. The van der Waals surface area contributed by atoms with Crippen molar-refractivity contribution in [3.05, 3.63) is 40.3 Å². The summed E-state index contributed by atoms with van der Waals surface area (Å²) in [5.74, 6) is -0.562. The second-order valence-electron chi connectivity index (χ2n) is 7.15. The van der Waals surface area contributed by atoms with Crippen LogP contribution in [0.25, 0.3) is 10.8 Å². The number of carbonyl (C=O) groups is 2. The Labute approximate surface area is 157 Å². The van der Waals surface area contributed by atoms with Gasteiger partial charge >= 0.3 is 0 Å². The summed E-state index contributed by atoms with van der Waals surface area (Å²) in [6.45, 7) is 2.67. The van der Waals surface area contributed by atoms with E-state index in [4.69, 9.17) is 0 Å². The molecule has 0 aliphatic heterocycles. The fourth-order valence-electron chi connectivity index (χ4n) is 3.68. The standard InChI is InChI=1S/C20H26N4O3/c1-2-3-13-21-19(27)20(11-7-4-8-12-20)22-18(26)16-14-9-5-6-10-15(14)17(25)24-23-16/h5-6,9-10H,2-4,7-8,11-13H2,1H3,(H,21,27)(H,22,26)(H,24,25). The lowest BCUT2D eigenvalue weighted by atomic mass is 9.80. The lowest BCUT2D eigenvalue weighted by Crippen LogP contribution is -2.60. The number of amides is 2. The molecule has 1 fully saturated rings. The number of aromatic nitrogens is 2. The fourth-order valence-corrected chi connectivity index (χ4v) is 3.68. The zero-order chi connectivity index (χ0) is 19.3. The van der Waals surface area contributed by atoms with Gasteiger partial charge in [-0.25, -0.2) is 5.10 Å². The molecule has 7 nitrogen and oxygen atoms in total. The largest absolute Gasteiger partial charge is 0.354 e. The summed E-state index contributed by atoms with van der Waals surface area (Å²) in [6, 6.07) is 6.85. The smallest absolute Gasteiger partial charge is 0.273 e. The van der Waals surface area contributed by atoms with E-state index in [2.05, 4.69) is 27.8 Å². The van der Waals surface area contributed by atoms with Crippen LogP contribution in [0.5, 0.6) is 0 Å². The van der Waals surface area contributed by atoms with Crippen LogP contribution < -0.4 is 16.2 Å². The number of hydrogen-bond acceptors (Lipinski definition) is 4. The number of nitrogens with one attached hydrogen (secondary N) is 3. The van der Waals surface area contributed by atoms with Gasteiger partial charge in [0.05, 0.1) is 5.39 Å². The first-order valence-corrected chi connectivity index (χ1v) is 9.65. The average Bonchev–Trinajstić information content (AvgIpc) is 2.69. The number of fused-ring (bicyclic) bond motifs is 1. The Kier molecular flexibility index (Phi) is 5.88. The van der Waals surface area contributed by atoms with Gasteiger partial charge in [-0.05, 0) is 25.3 Å². The Hall–Kier alpha value is -2.70. The molecule has 0 spiro atoms. The third kappa shape index (κ3) is 4.02. The predicted octanol–water partition coefficient (Wildman–Crippen LogP) is 2.27. The molecule has 1 aromatic heterocycles. The van der Waals surface area contributed by atoms with Crippen LogP contribution in [0.4, 0.5) is 0 Å². The Balaban J connectivity index is 1.88. The molecule has 1 aliphatic rings. The maximum Gasteiger partial charge on any atom is 0.273 e. The van der Waals surface area contributed by atoms with Gasteiger partial charge in [0.25, 0.3) is 11.5 Å². The van der Waals surface area contributed by atoms with Crippen molar-refractivity contribution in [3.63, 3.8) is 0 Å². The van der Waals surface area contributed by atoms with E-state index in [9.17, 15) is 14.4 Å². The summed E-state index contributed by atoms with van der Waals surface area (Å²) >= 11 is 0. The van der Waals surface area contributed by atoms with E-state index in [0.29, 0.717) is 30.2 Å². The molecule has 0 unspecified atom stereocenters. The van der Waals surface area contributed by atoms with Gasteiger partial charge < -0.3 is 10.6 Å². The molecule has 1 saturated carbocycles. The van der Waals surface area contributed by atoms with Gasteiger partial charge in [0.1, 0.15) is 5.54 Å². The van der Waals surface area contributed by atoms with Crippen LogP contribution in [-0.2, 0) is 4.79 Å². The lowest BCUT2D eigenvalue weighted by molar-refractivity contribution is -0.128. The summed E-state index contributed by atoms with van der Waals surface area (Å²) in [6.07, 6.45) is 5.95. The lowest BCUT2D eigenvalue weighted by Gasteiger charge is -2.36. The highest BCUT2D eigenvalue weighted by Gasteiger charge is 2.41. The molecule has 144 valence electrons. The molecule has 2 amide bonds. The first kappa shape index (κ1) is 19.1. The molecule has 0 radical (unpaired) electrons. The molecular weight excluding hydrogens is 344 g/mol. The van der Waals surface area contributed by atoms with Crippen LogP contribution in [0.3, 0.4) is 0 Å². The molecule has 27 heavy (non-hydrogen) atoms. The Morgan fingerprint density at radius 2 is 1.85 bits per heavy atom. The highest BCUT2D eigenvalue weighted by molar-refractivity contribution is 6.06. The minimum Gasteiger partial charge on any atom is -0.354 e. The first-order valence-electron chi connectivity index (χ1n) is 9.65. The van der Waals surface area contributed by atoms with Crippen LogP contribution in [0.15, 0.2) is 29.1 Å². The van der Waals surface area contributed by atoms with Gasteiger partial charge in [-0.1, -0.05) is 50.8 Å². The maximum absolute atomic E-state index is 13.0. The topological polar surface area (TPSA) is 104 Å². The second-order valence-corrected chi connectivity index (χ2v) is 7.15. The zero-order valence-corrected chi connectivity index (χ0v) is 15.6. The summed E-state index contributed by atoms with van der Waals surface area (Å²) < 4.78 is 0. The molecule has 1 heterocycles. The normalized spacial score (nSPS) is 16.0. The second kappa shape index (κ2) is 8.33. The van der Waals surface area contributed by atoms with Crippen LogP contribution >= 0.6 is 0 Å². The van der Waals surface area contributed by atoms with Gasteiger partial charge in [0.15, 0.2) is 5.69 Å². The molecular formula is C20H26N4O3. The number of H-pyrrole nitrogens is 1. The number of hydrogen-bond donors (Lipinski definition) is 3. The molecule has 1 aromatic carbocycles. The van der Waals surface area contributed by atoms with Gasteiger partial charge in [0.2, 0.25) is 5.91 Å². The third-order valence-corrected chi connectivity index (χ3v) is 5.22. The summed E-state index contributed by atoms with van der Waals surface area (Å²) in [7, 11) is 0. The zero-order valence-electron chi connectivity index (χ0n) is 15.6. The Morgan fingerprint density at radius 1 is 1.15 bits per heavy atom.